The highest BCUT2D eigenvalue weighted by atomic mass is 35.5. The summed E-state index contributed by atoms with van der Waals surface area (Å²) in [6, 6.07) is 10.3. The van der Waals surface area contributed by atoms with Gasteiger partial charge in [0.05, 0.1) is 11.6 Å². The van der Waals surface area contributed by atoms with Crippen LogP contribution >= 0.6 is 11.6 Å². The maximum absolute atomic E-state index is 13.6. The number of halogens is 3. The van der Waals surface area contributed by atoms with Gasteiger partial charge >= 0.3 is 0 Å². The van der Waals surface area contributed by atoms with E-state index in [0.29, 0.717) is 24.1 Å². The highest BCUT2D eigenvalue weighted by Gasteiger charge is 2.34. The fraction of sp³-hybridized carbons (Fsp3) is 0.263. The fourth-order valence-corrected chi connectivity index (χ4v) is 3.03. The second-order valence-electron chi connectivity index (χ2n) is 6.23. The van der Waals surface area contributed by atoms with E-state index in [1.165, 1.54) is 0 Å². The van der Waals surface area contributed by atoms with Gasteiger partial charge in [-0.1, -0.05) is 23.7 Å². The molecule has 0 saturated carbocycles. The fourth-order valence-electron chi connectivity index (χ4n) is 2.90. The van der Waals surface area contributed by atoms with E-state index in [1.54, 1.807) is 17.0 Å². The number of likely N-dealkylation sites (tertiary alicyclic amines) is 1. The predicted octanol–water partition coefficient (Wildman–Crippen LogP) is 3.65. The van der Waals surface area contributed by atoms with Crippen LogP contribution in [-0.4, -0.2) is 29.8 Å². The summed E-state index contributed by atoms with van der Waals surface area (Å²) in [7, 11) is 0. The van der Waals surface area contributed by atoms with E-state index in [4.69, 9.17) is 11.6 Å². The van der Waals surface area contributed by atoms with E-state index in [9.17, 15) is 18.4 Å². The quantitative estimate of drug-likeness (QED) is 0.863. The lowest BCUT2D eigenvalue weighted by atomic mass is 10.1. The molecular formula is C19H17ClF2N2O2. The van der Waals surface area contributed by atoms with Crippen LogP contribution in [0.5, 0.6) is 0 Å². The first-order valence-electron chi connectivity index (χ1n) is 8.20. The van der Waals surface area contributed by atoms with E-state index >= 15 is 0 Å². The van der Waals surface area contributed by atoms with Crippen molar-refractivity contribution in [2.75, 3.05) is 18.4 Å². The molecule has 4 nitrogen and oxygen atoms in total. The number of nitrogens with zero attached hydrogens (tertiary/aromatic N) is 1. The number of hydrogen-bond acceptors (Lipinski definition) is 2. The topological polar surface area (TPSA) is 49.4 Å². The van der Waals surface area contributed by atoms with Gasteiger partial charge in [0, 0.05) is 30.6 Å². The SMILES string of the molecule is O=C(Nc1ccc(F)cc1F)C1CC(=O)N(CCc2ccc(Cl)cc2)C1. The van der Waals surface area contributed by atoms with Crippen LogP contribution in [0.1, 0.15) is 12.0 Å². The summed E-state index contributed by atoms with van der Waals surface area (Å²) >= 11 is 5.85. The highest BCUT2D eigenvalue weighted by Crippen LogP contribution is 2.22. The monoisotopic (exact) mass is 378 g/mol. The van der Waals surface area contributed by atoms with E-state index in [2.05, 4.69) is 5.32 Å². The lowest BCUT2D eigenvalue weighted by Crippen LogP contribution is -2.30. The Labute approximate surface area is 154 Å². The van der Waals surface area contributed by atoms with Crippen molar-refractivity contribution in [2.24, 2.45) is 5.92 Å². The first-order chi connectivity index (χ1) is 12.4. The van der Waals surface area contributed by atoms with Crippen LogP contribution in [-0.2, 0) is 16.0 Å². The zero-order valence-corrected chi connectivity index (χ0v) is 14.6. The normalized spacial score (nSPS) is 16.8. The number of benzene rings is 2. The molecule has 2 aromatic carbocycles. The number of carbonyl (C=O) groups excluding carboxylic acids is 2. The lowest BCUT2D eigenvalue weighted by Gasteiger charge is -2.16. The Balaban J connectivity index is 1.56. The van der Waals surface area contributed by atoms with E-state index < -0.39 is 23.5 Å². The molecule has 0 bridgehead atoms. The molecular weight excluding hydrogens is 362 g/mol. The molecule has 3 rings (SSSR count). The van der Waals surface area contributed by atoms with Crippen molar-refractivity contribution >= 4 is 29.1 Å². The smallest absolute Gasteiger partial charge is 0.229 e. The molecule has 1 N–H and O–H groups in total. The third-order valence-corrected chi connectivity index (χ3v) is 4.61. The molecule has 1 fully saturated rings. The minimum atomic E-state index is -0.845. The van der Waals surface area contributed by atoms with Crippen molar-refractivity contribution in [3.63, 3.8) is 0 Å². The van der Waals surface area contributed by atoms with Crippen molar-refractivity contribution in [2.45, 2.75) is 12.8 Å². The number of amides is 2. The van der Waals surface area contributed by atoms with Gasteiger partial charge in [-0.05, 0) is 36.2 Å². The highest BCUT2D eigenvalue weighted by molar-refractivity contribution is 6.30. The molecule has 0 radical (unpaired) electrons. The van der Waals surface area contributed by atoms with Crippen LogP contribution < -0.4 is 5.32 Å². The molecule has 0 spiro atoms. The minimum absolute atomic E-state index is 0.0786. The molecule has 136 valence electrons. The predicted molar refractivity (Wildman–Crippen MR) is 94.8 cm³/mol. The Morgan fingerprint density at radius 2 is 1.92 bits per heavy atom. The summed E-state index contributed by atoms with van der Waals surface area (Å²) in [5.74, 6) is -2.68. The van der Waals surface area contributed by atoms with Gasteiger partial charge in [-0.3, -0.25) is 9.59 Å². The average Bonchev–Trinajstić information content (AvgIpc) is 2.98. The van der Waals surface area contributed by atoms with Crippen molar-refractivity contribution in [3.8, 4) is 0 Å². The van der Waals surface area contributed by atoms with Crippen LogP contribution in [0.3, 0.4) is 0 Å². The van der Waals surface area contributed by atoms with Gasteiger partial charge in [0.15, 0.2) is 0 Å². The molecule has 1 unspecified atom stereocenters. The minimum Gasteiger partial charge on any atom is -0.342 e. The van der Waals surface area contributed by atoms with E-state index in [1.807, 2.05) is 12.1 Å². The molecule has 1 aliphatic heterocycles. The Hall–Kier alpha value is -2.47. The van der Waals surface area contributed by atoms with Gasteiger partial charge in [0.2, 0.25) is 11.8 Å². The Bertz CT molecular complexity index is 827. The Kier molecular flexibility index (Phi) is 5.52. The molecule has 2 amide bonds. The number of anilines is 1. The summed E-state index contributed by atoms with van der Waals surface area (Å²) < 4.78 is 26.6. The standard InChI is InChI=1S/C19H17ClF2N2O2/c20-14-3-1-12(2-4-14)7-8-24-11-13(9-18(24)25)19(26)23-17-6-5-15(21)10-16(17)22/h1-6,10,13H,7-9,11H2,(H,23,26). The zero-order valence-electron chi connectivity index (χ0n) is 13.8. The molecule has 0 aliphatic carbocycles. The van der Waals surface area contributed by atoms with Gasteiger partial charge in [0.1, 0.15) is 11.6 Å². The molecule has 7 heteroatoms. The first-order valence-corrected chi connectivity index (χ1v) is 8.58. The van der Waals surface area contributed by atoms with Gasteiger partial charge in [0.25, 0.3) is 0 Å². The van der Waals surface area contributed by atoms with Crippen molar-refractivity contribution in [3.05, 3.63) is 64.7 Å². The van der Waals surface area contributed by atoms with Crippen LogP contribution in [0.15, 0.2) is 42.5 Å². The average molecular weight is 379 g/mol. The van der Waals surface area contributed by atoms with E-state index in [0.717, 1.165) is 17.7 Å². The summed E-state index contributed by atoms with van der Waals surface area (Å²) in [5, 5.41) is 3.08. The second kappa shape index (κ2) is 7.83. The summed E-state index contributed by atoms with van der Waals surface area (Å²) in [6.07, 6.45) is 0.735. The third kappa shape index (κ3) is 4.38. The molecule has 26 heavy (non-hydrogen) atoms. The third-order valence-electron chi connectivity index (χ3n) is 4.36. The van der Waals surface area contributed by atoms with Gasteiger partial charge in [-0.25, -0.2) is 8.78 Å². The molecule has 2 aromatic rings. The number of nitrogens with one attached hydrogen (secondary N) is 1. The number of carbonyl (C=O) groups is 2. The van der Waals surface area contributed by atoms with Crippen LogP contribution in [0.2, 0.25) is 5.02 Å². The summed E-state index contributed by atoms with van der Waals surface area (Å²) in [4.78, 5) is 26.0. The van der Waals surface area contributed by atoms with Gasteiger partial charge < -0.3 is 10.2 Å². The summed E-state index contributed by atoms with van der Waals surface area (Å²) in [6.45, 7) is 0.774. The molecule has 1 aliphatic rings. The van der Waals surface area contributed by atoms with Gasteiger partial charge in [-0.15, -0.1) is 0 Å². The van der Waals surface area contributed by atoms with Crippen molar-refractivity contribution < 1.29 is 18.4 Å². The van der Waals surface area contributed by atoms with Crippen LogP contribution in [0.4, 0.5) is 14.5 Å². The summed E-state index contributed by atoms with van der Waals surface area (Å²) in [5.41, 5.74) is 0.951. The Morgan fingerprint density at radius 3 is 2.62 bits per heavy atom. The molecule has 1 saturated heterocycles. The maximum Gasteiger partial charge on any atom is 0.229 e. The van der Waals surface area contributed by atoms with Crippen LogP contribution in [0, 0.1) is 17.6 Å². The zero-order chi connectivity index (χ0) is 18.7. The van der Waals surface area contributed by atoms with Gasteiger partial charge in [-0.2, -0.15) is 0 Å². The van der Waals surface area contributed by atoms with Crippen LogP contribution in [0.25, 0.3) is 0 Å². The second-order valence-corrected chi connectivity index (χ2v) is 6.67. The number of hydrogen-bond donors (Lipinski definition) is 1. The maximum atomic E-state index is 13.6. The van der Waals surface area contributed by atoms with Crippen molar-refractivity contribution in [1.29, 1.82) is 0 Å². The van der Waals surface area contributed by atoms with Crippen molar-refractivity contribution in [1.82, 2.24) is 4.90 Å². The largest absolute Gasteiger partial charge is 0.342 e. The molecule has 0 aromatic heterocycles. The lowest BCUT2D eigenvalue weighted by molar-refractivity contribution is -0.128. The first kappa shape index (κ1) is 18.3. The molecule has 1 atom stereocenters. The Morgan fingerprint density at radius 1 is 1.19 bits per heavy atom. The molecule has 1 heterocycles. The van der Waals surface area contributed by atoms with E-state index in [-0.39, 0.29) is 24.6 Å². The number of rotatable bonds is 5.